The highest BCUT2D eigenvalue weighted by Gasteiger charge is 2.23. The molecule has 2 aromatic rings. The molecule has 128 valence electrons. The third kappa shape index (κ3) is 4.83. The molecule has 24 heavy (non-hydrogen) atoms. The Morgan fingerprint density at radius 1 is 1.04 bits per heavy atom. The van der Waals surface area contributed by atoms with E-state index < -0.39 is 0 Å². The fourth-order valence-electron chi connectivity index (χ4n) is 3.04. The van der Waals surface area contributed by atoms with E-state index in [0.717, 1.165) is 38.0 Å². The summed E-state index contributed by atoms with van der Waals surface area (Å²) in [5.41, 5.74) is 2.99. The van der Waals surface area contributed by atoms with Crippen molar-refractivity contribution in [2.75, 3.05) is 13.1 Å². The molecule has 0 N–H and O–H groups in total. The average Bonchev–Trinajstić information content (AvgIpc) is 2.58. The van der Waals surface area contributed by atoms with E-state index in [0.29, 0.717) is 5.56 Å². The summed E-state index contributed by atoms with van der Waals surface area (Å²) >= 11 is 0. The Morgan fingerprint density at radius 2 is 1.67 bits per heavy atom. The first-order valence-corrected chi connectivity index (χ1v) is 8.25. The molecule has 3 nitrogen and oxygen atoms in total. The van der Waals surface area contributed by atoms with Crippen LogP contribution in [0.2, 0.25) is 0 Å². The fraction of sp³-hybridized carbons (Fsp3) is 0.350. The molecule has 1 saturated heterocycles. The maximum absolute atomic E-state index is 12.3. The van der Waals surface area contributed by atoms with E-state index >= 15 is 0 Å². The summed E-state index contributed by atoms with van der Waals surface area (Å²) in [7, 11) is 0. The lowest BCUT2D eigenvalue weighted by Gasteiger charge is -2.31. The van der Waals surface area contributed by atoms with Gasteiger partial charge in [-0.25, -0.2) is 4.79 Å². The van der Waals surface area contributed by atoms with Gasteiger partial charge < -0.3 is 4.74 Å². The van der Waals surface area contributed by atoms with E-state index in [1.165, 1.54) is 5.56 Å². The van der Waals surface area contributed by atoms with Gasteiger partial charge in [0.25, 0.3) is 0 Å². The van der Waals surface area contributed by atoms with Crippen molar-refractivity contribution in [3.05, 3.63) is 71.3 Å². The first-order chi connectivity index (χ1) is 11.2. The molecule has 0 unspecified atom stereocenters. The number of nitrogens with zero attached hydrogens (tertiary/aromatic N) is 1. The second-order valence-corrected chi connectivity index (χ2v) is 6.18. The van der Waals surface area contributed by atoms with Gasteiger partial charge in [-0.15, -0.1) is 12.4 Å². The number of hydrogen-bond donors (Lipinski definition) is 0. The lowest BCUT2D eigenvalue weighted by molar-refractivity contribution is 0.0103. The van der Waals surface area contributed by atoms with E-state index in [1.54, 1.807) is 0 Å². The Labute approximate surface area is 150 Å². The molecule has 1 aliphatic heterocycles. The Bertz CT molecular complexity index is 652. The lowest BCUT2D eigenvalue weighted by atomic mass is 10.1. The Kier molecular flexibility index (Phi) is 6.83. The van der Waals surface area contributed by atoms with Crippen molar-refractivity contribution in [3.8, 4) is 0 Å². The van der Waals surface area contributed by atoms with Crippen LogP contribution >= 0.6 is 12.4 Å². The molecule has 0 radical (unpaired) electrons. The Morgan fingerprint density at radius 3 is 2.33 bits per heavy atom. The fourth-order valence-corrected chi connectivity index (χ4v) is 3.04. The van der Waals surface area contributed by atoms with Gasteiger partial charge in [0, 0.05) is 19.6 Å². The van der Waals surface area contributed by atoms with Crippen molar-refractivity contribution in [1.82, 2.24) is 4.90 Å². The third-order valence-electron chi connectivity index (χ3n) is 4.42. The zero-order valence-corrected chi connectivity index (χ0v) is 14.8. The number of carbonyl (C=O) groups excluding carboxylic acids is 1. The summed E-state index contributed by atoms with van der Waals surface area (Å²) in [6.07, 6.45) is 1.85. The number of piperidine rings is 1. The van der Waals surface area contributed by atoms with E-state index in [1.807, 2.05) is 37.3 Å². The van der Waals surface area contributed by atoms with Crippen LogP contribution in [-0.4, -0.2) is 30.1 Å². The van der Waals surface area contributed by atoms with Crippen molar-refractivity contribution < 1.29 is 9.53 Å². The van der Waals surface area contributed by atoms with Gasteiger partial charge in [-0.1, -0.05) is 48.5 Å². The quantitative estimate of drug-likeness (QED) is 0.776. The predicted molar refractivity (Wildman–Crippen MR) is 98.6 cm³/mol. The number of esters is 1. The van der Waals surface area contributed by atoms with Crippen LogP contribution in [0.15, 0.2) is 54.6 Å². The van der Waals surface area contributed by atoms with Gasteiger partial charge in [0.05, 0.1) is 5.56 Å². The molecule has 1 fully saturated rings. The number of benzene rings is 2. The summed E-state index contributed by atoms with van der Waals surface area (Å²) in [5, 5.41) is 0. The largest absolute Gasteiger partial charge is 0.459 e. The van der Waals surface area contributed by atoms with Gasteiger partial charge in [-0.05, 0) is 37.0 Å². The molecular weight excluding hydrogens is 322 g/mol. The summed E-state index contributed by atoms with van der Waals surface area (Å²) in [6.45, 7) is 4.86. The van der Waals surface area contributed by atoms with Gasteiger partial charge in [0.1, 0.15) is 6.10 Å². The van der Waals surface area contributed by atoms with Gasteiger partial charge in [0.2, 0.25) is 0 Å². The molecule has 0 aliphatic carbocycles. The summed E-state index contributed by atoms with van der Waals surface area (Å²) in [6, 6.07) is 18.1. The molecule has 0 spiro atoms. The highest BCUT2D eigenvalue weighted by Crippen LogP contribution is 2.18. The van der Waals surface area contributed by atoms with Crippen LogP contribution in [0.25, 0.3) is 0 Å². The summed E-state index contributed by atoms with van der Waals surface area (Å²) < 4.78 is 5.69. The van der Waals surface area contributed by atoms with Gasteiger partial charge >= 0.3 is 5.97 Å². The van der Waals surface area contributed by atoms with Crippen molar-refractivity contribution in [3.63, 3.8) is 0 Å². The Balaban J connectivity index is 0.00000208. The maximum atomic E-state index is 12.3. The molecule has 0 saturated carbocycles. The zero-order chi connectivity index (χ0) is 16.1. The van der Waals surface area contributed by atoms with E-state index in [2.05, 4.69) is 29.2 Å². The molecule has 2 aromatic carbocycles. The summed E-state index contributed by atoms with van der Waals surface area (Å²) in [5.74, 6) is -0.190. The van der Waals surface area contributed by atoms with Crippen molar-refractivity contribution in [1.29, 1.82) is 0 Å². The molecule has 0 amide bonds. The number of hydrogen-bond acceptors (Lipinski definition) is 3. The zero-order valence-electron chi connectivity index (χ0n) is 14.0. The molecule has 1 aliphatic rings. The van der Waals surface area contributed by atoms with E-state index in [9.17, 15) is 4.79 Å². The standard InChI is InChI=1S/C20H23NO2.ClH/c1-16-7-5-6-10-19(16)20(22)23-18-11-13-21(14-12-18)15-17-8-3-2-4-9-17;/h2-10,18H,11-15H2,1H3;1H. The molecule has 0 bridgehead atoms. The number of rotatable bonds is 4. The van der Waals surface area contributed by atoms with Crippen LogP contribution in [0.1, 0.15) is 34.3 Å². The highest BCUT2D eigenvalue weighted by atomic mass is 35.5. The monoisotopic (exact) mass is 345 g/mol. The molecular formula is C20H24ClNO2. The SMILES string of the molecule is Cc1ccccc1C(=O)OC1CCN(Cc2ccccc2)CC1.Cl. The predicted octanol–water partition coefficient (Wildman–Crippen LogP) is 4.24. The topological polar surface area (TPSA) is 29.5 Å². The van der Waals surface area contributed by atoms with Gasteiger partial charge in [-0.3, -0.25) is 4.90 Å². The van der Waals surface area contributed by atoms with E-state index in [4.69, 9.17) is 4.74 Å². The van der Waals surface area contributed by atoms with E-state index in [-0.39, 0.29) is 24.5 Å². The minimum absolute atomic E-state index is 0. The van der Waals surface area contributed by atoms with Crippen LogP contribution in [-0.2, 0) is 11.3 Å². The second kappa shape index (κ2) is 8.86. The smallest absolute Gasteiger partial charge is 0.338 e. The lowest BCUT2D eigenvalue weighted by Crippen LogP contribution is -2.37. The van der Waals surface area contributed by atoms with Gasteiger partial charge in [0.15, 0.2) is 0 Å². The van der Waals surface area contributed by atoms with Crippen LogP contribution in [0.3, 0.4) is 0 Å². The minimum atomic E-state index is -0.190. The number of carbonyl (C=O) groups is 1. The maximum Gasteiger partial charge on any atom is 0.338 e. The van der Waals surface area contributed by atoms with Crippen LogP contribution in [0.4, 0.5) is 0 Å². The van der Waals surface area contributed by atoms with Crippen molar-refractivity contribution >= 4 is 18.4 Å². The number of likely N-dealkylation sites (tertiary alicyclic amines) is 1. The minimum Gasteiger partial charge on any atom is -0.459 e. The number of aryl methyl sites for hydroxylation is 1. The van der Waals surface area contributed by atoms with Crippen LogP contribution < -0.4 is 0 Å². The first kappa shape index (κ1) is 18.5. The van der Waals surface area contributed by atoms with Crippen molar-refractivity contribution in [2.45, 2.75) is 32.4 Å². The molecule has 3 rings (SSSR count). The van der Waals surface area contributed by atoms with Crippen LogP contribution in [0, 0.1) is 6.92 Å². The molecule has 0 atom stereocenters. The third-order valence-corrected chi connectivity index (χ3v) is 4.42. The summed E-state index contributed by atoms with van der Waals surface area (Å²) in [4.78, 5) is 14.7. The first-order valence-electron chi connectivity index (χ1n) is 8.25. The Hall–Kier alpha value is -1.84. The average molecular weight is 346 g/mol. The van der Waals surface area contributed by atoms with Crippen molar-refractivity contribution in [2.24, 2.45) is 0 Å². The molecule has 1 heterocycles. The van der Waals surface area contributed by atoms with Gasteiger partial charge in [-0.2, -0.15) is 0 Å². The molecule has 4 heteroatoms. The second-order valence-electron chi connectivity index (χ2n) is 6.18. The number of halogens is 1. The normalized spacial score (nSPS) is 15.5. The highest BCUT2D eigenvalue weighted by molar-refractivity contribution is 5.91. The van der Waals surface area contributed by atoms with Crippen LogP contribution in [0.5, 0.6) is 0 Å². The molecule has 0 aromatic heterocycles. The number of ether oxygens (including phenoxy) is 1.